The molecule has 2 aromatic heterocycles. The molecule has 0 radical (unpaired) electrons. The average Bonchev–Trinajstić information content (AvgIpc) is 2.85. The van der Waals surface area contributed by atoms with Crippen molar-refractivity contribution in [1.29, 1.82) is 0 Å². The van der Waals surface area contributed by atoms with Crippen LogP contribution in [0.25, 0.3) is 0 Å². The van der Waals surface area contributed by atoms with E-state index in [0.717, 1.165) is 36.9 Å². The van der Waals surface area contributed by atoms with Crippen molar-refractivity contribution in [2.45, 2.75) is 32.9 Å². The molecule has 15 heavy (non-hydrogen) atoms. The van der Waals surface area contributed by atoms with Gasteiger partial charge in [0.1, 0.15) is 12.4 Å². The lowest BCUT2D eigenvalue weighted by molar-refractivity contribution is 0.601. The van der Waals surface area contributed by atoms with Crippen LogP contribution in [-0.4, -0.2) is 24.5 Å². The molecule has 3 heterocycles. The zero-order valence-electron chi connectivity index (χ0n) is 8.72. The molecule has 0 fully saturated rings. The fourth-order valence-corrected chi connectivity index (χ4v) is 2.02. The van der Waals surface area contributed by atoms with Crippen LogP contribution >= 0.6 is 0 Å². The normalized spacial score (nSPS) is 14.5. The number of aromatic nitrogens is 5. The number of aryl methyl sites for hydroxylation is 2. The van der Waals surface area contributed by atoms with Crippen molar-refractivity contribution >= 4 is 0 Å². The molecule has 2 aromatic rings. The maximum atomic E-state index is 4.35. The second kappa shape index (κ2) is 3.18. The summed E-state index contributed by atoms with van der Waals surface area (Å²) in [6.07, 6.45) is 4.23. The van der Waals surface area contributed by atoms with Gasteiger partial charge in [-0.25, -0.2) is 0 Å². The molecule has 1 aliphatic heterocycles. The minimum Gasteiger partial charge on any atom is -0.313 e. The molecule has 5 heteroatoms. The van der Waals surface area contributed by atoms with E-state index in [0.29, 0.717) is 0 Å². The summed E-state index contributed by atoms with van der Waals surface area (Å²) in [5, 5.41) is 12.7. The lowest BCUT2D eigenvalue weighted by Gasteiger charge is -2.02. The molecule has 0 saturated carbocycles. The van der Waals surface area contributed by atoms with Gasteiger partial charge in [0, 0.05) is 19.2 Å². The highest BCUT2D eigenvalue weighted by Gasteiger charge is 2.17. The summed E-state index contributed by atoms with van der Waals surface area (Å²) in [4.78, 5) is 0. The van der Waals surface area contributed by atoms with E-state index < -0.39 is 0 Å². The Morgan fingerprint density at radius 2 is 2.33 bits per heavy atom. The summed E-state index contributed by atoms with van der Waals surface area (Å²) in [5.41, 5.74) is 1.04. The van der Waals surface area contributed by atoms with Crippen LogP contribution in [0, 0.1) is 6.92 Å². The van der Waals surface area contributed by atoms with E-state index in [1.54, 1.807) is 0 Å². The van der Waals surface area contributed by atoms with E-state index in [-0.39, 0.29) is 0 Å². The molecule has 0 bridgehead atoms. The Bertz CT molecular complexity index is 482. The Morgan fingerprint density at radius 3 is 3.13 bits per heavy atom. The molecule has 0 spiro atoms. The van der Waals surface area contributed by atoms with Gasteiger partial charge < -0.3 is 4.57 Å². The van der Waals surface area contributed by atoms with Gasteiger partial charge in [0.05, 0.1) is 5.69 Å². The fourth-order valence-electron chi connectivity index (χ4n) is 2.02. The third-order valence-corrected chi connectivity index (χ3v) is 2.76. The van der Waals surface area contributed by atoms with E-state index in [9.17, 15) is 0 Å². The summed E-state index contributed by atoms with van der Waals surface area (Å²) in [6.45, 7) is 3.77. The SMILES string of the molecule is Cc1ccn(Cc2nnc3n2CCC3)n1. The van der Waals surface area contributed by atoms with E-state index >= 15 is 0 Å². The smallest absolute Gasteiger partial charge is 0.154 e. The Hall–Kier alpha value is -1.65. The summed E-state index contributed by atoms with van der Waals surface area (Å²) in [5.74, 6) is 2.14. The lowest BCUT2D eigenvalue weighted by Crippen LogP contribution is -2.08. The van der Waals surface area contributed by atoms with Crippen LogP contribution in [0.3, 0.4) is 0 Å². The molecule has 0 amide bonds. The summed E-state index contributed by atoms with van der Waals surface area (Å²) in [6, 6.07) is 2.00. The van der Waals surface area contributed by atoms with Crippen LogP contribution in [0.1, 0.15) is 23.8 Å². The number of rotatable bonds is 2. The molecule has 0 saturated heterocycles. The number of hydrogen-bond acceptors (Lipinski definition) is 3. The van der Waals surface area contributed by atoms with Gasteiger partial charge in [0.2, 0.25) is 0 Å². The van der Waals surface area contributed by atoms with Gasteiger partial charge in [-0.3, -0.25) is 4.68 Å². The van der Waals surface area contributed by atoms with Crippen LogP contribution in [0.2, 0.25) is 0 Å². The van der Waals surface area contributed by atoms with E-state index in [2.05, 4.69) is 19.9 Å². The highest BCUT2D eigenvalue weighted by molar-refractivity contribution is 5.02. The molecule has 5 nitrogen and oxygen atoms in total. The molecule has 3 rings (SSSR count). The lowest BCUT2D eigenvalue weighted by atomic mass is 10.4. The fraction of sp³-hybridized carbons (Fsp3) is 0.500. The highest BCUT2D eigenvalue weighted by atomic mass is 15.3. The van der Waals surface area contributed by atoms with Gasteiger partial charge >= 0.3 is 0 Å². The average molecular weight is 203 g/mol. The standard InChI is InChI=1S/C10H13N5/c1-8-4-6-14(13-8)7-10-12-11-9-3-2-5-15(9)10/h4,6H,2-3,5,7H2,1H3. The first-order valence-electron chi connectivity index (χ1n) is 5.24. The van der Waals surface area contributed by atoms with Crippen molar-refractivity contribution < 1.29 is 0 Å². The van der Waals surface area contributed by atoms with Crippen LogP contribution < -0.4 is 0 Å². The first-order valence-corrected chi connectivity index (χ1v) is 5.24. The second-order valence-electron chi connectivity index (χ2n) is 3.94. The third kappa shape index (κ3) is 1.44. The first-order chi connectivity index (χ1) is 7.33. The van der Waals surface area contributed by atoms with Crippen LogP contribution in [0.4, 0.5) is 0 Å². The Morgan fingerprint density at radius 1 is 1.40 bits per heavy atom. The number of nitrogens with zero attached hydrogens (tertiary/aromatic N) is 5. The first kappa shape index (κ1) is 8.64. The van der Waals surface area contributed by atoms with Crippen molar-refractivity contribution in [2.75, 3.05) is 0 Å². The molecule has 78 valence electrons. The summed E-state index contributed by atoms with van der Waals surface area (Å²) < 4.78 is 4.11. The molecule has 0 unspecified atom stereocenters. The summed E-state index contributed by atoms with van der Waals surface area (Å²) in [7, 11) is 0. The predicted octanol–water partition coefficient (Wildman–Crippen LogP) is 0.778. The third-order valence-electron chi connectivity index (χ3n) is 2.76. The van der Waals surface area contributed by atoms with E-state index in [4.69, 9.17) is 0 Å². The molecule has 0 aliphatic carbocycles. The molecular formula is C10H13N5. The maximum Gasteiger partial charge on any atom is 0.154 e. The Labute approximate surface area is 87.7 Å². The van der Waals surface area contributed by atoms with Gasteiger partial charge in [0.25, 0.3) is 0 Å². The van der Waals surface area contributed by atoms with Gasteiger partial charge in [-0.1, -0.05) is 0 Å². The second-order valence-corrected chi connectivity index (χ2v) is 3.94. The Balaban J connectivity index is 1.88. The van der Waals surface area contributed by atoms with Crippen molar-refractivity contribution in [3.05, 3.63) is 29.6 Å². The van der Waals surface area contributed by atoms with Crippen molar-refractivity contribution in [1.82, 2.24) is 24.5 Å². The van der Waals surface area contributed by atoms with Crippen LogP contribution in [0.5, 0.6) is 0 Å². The largest absolute Gasteiger partial charge is 0.313 e. The zero-order valence-corrected chi connectivity index (χ0v) is 8.72. The molecule has 0 N–H and O–H groups in total. The predicted molar refractivity (Wildman–Crippen MR) is 54.4 cm³/mol. The molecule has 0 aromatic carbocycles. The maximum absolute atomic E-state index is 4.35. The summed E-state index contributed by atoms with van der Waals surface area (Å²) >= 11 is 0. The zero-order chi connectivity index (χ0) is 10.3. The van der Waals surface area contributed by atoms with Gasteiger partial charge in [0.15, 0.2) is 5.82 Å². The minimum absolute atomic E-state index is 0.723. The quantitative estimate of drug-likeness (QED) is 0.724. The van der Waals surface area contributed by atoms with Crippen molar-refractivity contribution in [3.8, 4) is 0 Å². The number of hydrogen-bond donors (Lipinski definition) is 0. The molecule has 0 atom stereocenters. The number of fused-ring (bicyclic) bond motifs is 1. The molecule has 1 aliphatic rings. The molecular weight excluding hydrogens is 190 g/mol. The van der Waals surface area contributed by atoms with Gasteiger partial charge in [-0.15, -0.1) is 10.2 Å². The Kier molecular flexibility index (Phi) is 1.83. The van der Waals surface area contributed by atoms with Crippen LogP contribution in [-0.2, 0) is 19.5 Å². The minimum atomic E-state index is 0.723. The monoisotopic (exact) mass is 203 g/mol. The topological polar surface area (TPSA) is 48.5 Å². The van der Waals surface area contributed by atoms with Crippen molar-refractivity contribution in [2.24, 2.45) is 0 Å². The van der Waals surface area contributed by atoms with E-state index in [1.807, 2.05) is 23.9 Å². The highest BCUT2D eigenvalue weighted by Crippen LogP contribution is 2.14. The van der Waals surface area contributed by atoms with Gasteiger partial charge in [-0.2, -0.15) is 5.10 Å². The van der Waals surface area contributed by atoms with Gasteiger partial charge in [-0.05, 0) is 19.4 Å². The van der Waals surface area contributed by atoms with Crippen molar-refractivity contribution in [3.63, 3.8) is 0 Å². The van der Waals surface area contributed by atoms with Crippen LogP contribution in [0.15, 0.2) is 12.3 Å². The van der Waals surface area contributed by atoms with E-state index in [1.165, 1.54) is 6.42 Å².